The number of carbonyl (C=O) groups is 1. The van der Waals surface area contributed by atoms with Crippen molar-refractivity contribution in [2.45, 2.75) is 6.54 Å². The van der Waals surface area contributed by atoms with Crippen LogP contribution >= 0.6 is 0 Å². The zero-order valence-electron chi connectivity index (χ0n) is 14.1. The minimum absolute atomic E-state index is 0.223. The Bertz CT molecular complexity index is 1000. The van der Waals surface area contributed by atoms with E-state index >= 15 is 0 Å². The van der Waals surface area contributed by atoms with Gasteiger partial charge in [0.05, 0.1) is 5.56 Å². The van der Waals surface area contributed by atoms with Gasteiger partial charge in [0.1, 0.15) is 17.3 Å². The maximum absolute atomic E-state index is 12.2. The van der Waals surface area contributed by atoms with Crippen molar-refractivity contribution in [2.75, 3.05) is 6.61 Å². The predicted octanol–water partition coefficient (Wildman–Crippen LogP) is 2.91. The summed E-state index contributed by atoms with van der Waals surface area (Å²) in [6.07, 6.45) is 1.88. The molecule has 0 fully saturated rings. The molecule has 0 saturated carbocycles. The van der Waals surface area contributed by atoms with Crippen molar-refractivity contribution in [1.29, 1.82) is 5.26 Å². The summed E-state index contributed by atoms with van der Waals surface area (Å²) < 4.78 is 7.34. The maximum Gasteiger partial charge on any atom is 0.285 e. The highest BCUT2D eigenvalue weighted by molar-refractivity contribution is 5.78. The average Bonchev–Trinajstić information content (AvgIpc) is 2.69. The van der Waals surface area contributed by atoms with Crippen molar-refractivity contribution >= 4 is 5.91 Å². The Morgan fingerprint density at radius 1 is 1.00 bits per heavy atom. The lowest BCUT2D eigenvalue weighted by Gasteiger charge is -2.08. The van der Waals surface area contributed by atoms with Crippen LogP contribution < -0.4 is 10.2 Å². The molecule has 3 aromatic rings. The summed E-state index contributed by atoms with van der Waals surface area (Å²) in [7, 11) is 0. The van der Waals surface area contributed by atoms with Gasteiger partial charge < -0.3 is 9.30 Å². The third-order valence-electron chi connectivity index (χ3n) is 3.71. The van der Waals surface area contributed by atoms with Crippen LogP contribution in [0, 0.1) is 11.3 Å². The molecule has 128 valence electrons. The maximum atomic E-state index is 12.2. The largest absolute Gasteiger partial charge is 0.482 e. The number of rotatable bonds is 5. The number of nitrogens with zero attached hydrogens (tertiary/aromatic N) is 3. The highest BCUT2D eigenvalue weighted by Gasteiger charge is 2.06. The Hall–Kier alpha value is -3.65. The normalized spacial score (nSPS) is 11.0. The number of para-hydroxylation sites is 1. The molecule has 1 amide bonds. The van der Waals surface area contributed by atoms with E-state index in [0.717, 1.165) is 5.56 Å². The number of nitriles is 1. The molecule has 1 aromatic heterocycles. The predicted molar refractivity (Wildman–Crippen MR) is 97.2 cm³/mol. The summed E-state index contributed by atoms with van der Waals surface area (Å²) in [4.78, 5) is 16.3. The molecule has 5 heteroatoms. The molecule has 0 unspecified atom stereocenters. The Labute approximate surface area is 151 Å². The molecule has 0 aliphatic heterocycles. The van der Waals surface area contributed by atoms with Gasteiger partial charge >= 0.3 is 0 Å². The number of ether oxygens (including phenoxy) is 1. The number of carbonyl (C=O) groups excluding carboxylic acids is 1. The van der Waals surface area contributed by atoms with Crippen LogP contribution in [0.2, 0.25) is 0 Å². The molecule has 0 bridgehead atoms. The van der Waals surface area contributed by atoms with Crippen molar-refractivity contribution < 1.29 is 9.53 Å². The molecule has 0 spiro atoms. The second kappa shape index (κ2) is 8.45. The first-order chi connectivity index (χ1) is 12.8. The first kappa shape index (κ1) is 17.2. The zero-order valence-corrected chi connectivity index (χ0v) is 14.1. The van der Waals surface area contributed by atoms with Gasteiger partial charge in [0.2, 0.25) is 0 Å². The summed E-state index contributed by atoms with van der Waals surface area (Å²) in [5, 5.41) is 9.05. The number of amides is 1. The van der Waals surface area contributed by atoms with E-state index in [2.05, 4.69) is 4.99 Å². The summed E-state index contributed by atoms with van der Waals surface area (Å²) in [5.74, 6) is -0.0328. The molecule has 0 aliphatic carbocycles. The van der Waals surface area contributed by atoms with Crippen molar-refractivity contribution in [1.82, 2.24) is 4.57 Å². The molecule has 2 aromatic carbocycles. The van der Waals surface area contributed by atoms with Gasteiger partial charge in [-0.25, -0.2) is 0 Å². The van der Waals surface area contributed by atoms with E-state index in [1.165, 1.54) is 0 Å². The SMILES string of the molecule is N#Cc1ccccc1OCC(=O)N=c1ccccn1Cc1ccccc1. The third-order valence-corrected chi connectivity index (χ3v) is 3.71. The lowest BCUT2D eigenvalue weighted by molar-refractivity contribution is -0.120. The summed E-state index contributed by atoms with van der Waals surface area (Å²) in [5.41, 5.74) is 2.06. The van der Waals surface area contributed by atoms with E-state index in [-0.39, 0.29) is 6.61 Å². The standard InChI is InChI=1S/C21H17N3O2/c22-14-18-10-4-5-11-19(18)26-16-21(25)23-20-12-6-7-13-24(20)15-17-8-2-1-3-9-17/h1-13H,15-16H2. The van der Waals surface area contributed by atoms with E-state index < -0.39 is 5.91 Å². The topological polar surface area (TPSA) is 67.4 Å². The number of pyridine rings is 1. The fourth-order valence-electron chi connectivity index (χ4n) is 2.47. The monoisotopic (exact) mass is 343 g/mol. The van der Waals surface area contributed by atoms with Crippen LogP contribution in [0.15, 0.2) is 84.0 Å². The Morgan fingerprint density at radius 2 is 1.73 bits per heavy atom. The van der Waals surface area contributed by atoms with Gasteiger partial charge in [0.15, 0.2) is 6.61 Å². The molecule has 26 heavy (non-hydrogen) atoms. The zero-order chi connectivity index (χ0) is 18.2. The Morgan fingerprint density at radius 3 is 2.54 bits per heavy atom. The molecule has 0 radical (unpaired) electrons. The number of benzene rings is 2. The van der Waals surface area contributed by atoms with Crippen molar-refractivity contribution in [2.24, 2.45) is 4.99 Å². The lowest BCUT2D eigenvalue weighted by Crippen LogP contribution is -2.23. The molecular formula is C21H17N3O2. The summed E-state index contributed by atoms with van der Waals surface area (Å²) in [6, 6.07) is 24.3. The van der Waals surface area contributed by atoms with Crippen LogP contribution in [-0.4, -0.2) is 17.1 Å². The van der Waals surface area contributed by atoms with Crippen molar-refractivity contribution in [3.63, 3.8) is 0 Å². The highest BCUT2D eigenvalue weighted by atomic mass is 16.5. The van der Waals surface area contributed by atoms with Gasteiger partial charge in [-0.05, 0) is 29.8 Å². The van der Waals surface area contributed by atoms with E-state index in [4.69, 9.17) is 10.00 Å². The summed E-state index contributed by atoms with van der Waals surface area (Å²) >= 11 is 0. The van der Waals surface area contributed by atoms with Crippen molar-refractivity contribution in [3.05, 3.63) is 95.6 Å². The van der Waals surface area contributed by atoms with E-state index in [0.29, 0.717) is 23.3 Å². The second-order valence-electron chi connectivity index (χ2n) is 5.57. The van der Waals surface area contributed by atoms with Gasteiger partial charge in [0, 0.05) is 12.7 Å². The van der Waals surface area contributed by atoms with Gasteiger partial charge in [-0.1, -0.05) is 48.5 Å². The lowest BCUT2D eigenvalue weighted by atomic mass is 10.2. The fourth-order valence-corrected chi connectivity index (χ4v) is 2.47. The van der Waals surface area contributed by atoms with Crippen LogP contribution in [-0.2, 0) is 11.3 Å². The van der Waals surface area contributed by atoms with Crippen LogP contribution in [0.3, 0.4) is 0 Å². The van der Waals surface area contributed by atoms with E-state index in [9.17, 15) is 4.79 Å². The molecule has 5 nitrogen and oxygen atoms in total. The van der Waals surface area contributed by atoms with Gasteiger partial charge in [-0.3, -0.25) is 4.79 Å². The fraction of sp³-hybridized carbons (Fsp3) is 0.0952. The Kier molecular flexibility index (Phi) is 5.58. The molecule has 1 heterocycles. The third kappa shape index (κ3) is 4.46. The minimum Gasteiger partial charge on any atom is -0.482 e. The number of hydrogen-bond acceptors (Lipinski definition) is 3. The number of hydrogen-bond donors (Lipinski definition) is 0. The molecule has 3 rings (SSSR count). The first-order valence-corrected chi connectivity index (χ1v) is 8.15. The highest BCUT2D eigenvalue weighted by Crippen LogP contribution is 2.16. The molecular weight excluding hydrogens is 326 g/mol. The second-order valence-corrected chi connectivity index (χ2v) is 5.57. The van der Waals surface area contributed by atoms with Gasteiger partial charge in [-0.15, -0.1) is 0 Å². The van der Waals surface area contributed by atoms with E-state index in [1.54, 1.807) is 30.3 Å². The summed E-state index contributed by atoms with van der Waals surface area (Å²) in [6.45, 7) is 0.394. The minimum atomic E-state index is -0.411. The first-order valence-electron chi connectivity index (χ1n) is 8.15. The average molecular weight is 343 g/mol. The van der Waals surface area contributed by atoms with Crippen LogP contribution in [0.5, 0.6) is 5.75 Å². The molecule has 0 saturated heterocycles. The smallest absolute Gasteiger partial charge is 0.285 e. The van der Waals surface area contributed by atoms with Crippen LogP contribution in [0.25, 0.3) is 0 Å². The van der Waals surface area contributed by atoms with Crippen LogP contribution in [0.4, 0.5) is 0 Å². The quantitative estimate of drug-likeness (QED) is 0.715. The van der Waals surface area contributed by atoms with Gasteiger partial charge in [0.25, 0.3) is 5.91 Å². The molecule has 0 aliphatic rings. The number of aromatic nitrogens is 1. The molecule has 0 N–H and O–H groups in total. The van der Waals surface area contributed by atoms with Crippen molar-refractivity contribution in [3.8, 4) is 11.8 Å². The molecule has 0 atom stereocenters. The van der Waals surface area contributed by atoms with E-state index in [1.807, 2.05) is 59.3 Å². The Balaban J connectivity index is 1.75. The van der Waals surface area contributed by atoms with Crippen LogP contribution in [0.1, 0.15) is 11.1 Å². The van der Waals surface area contributed by atoms with Gasteiger partial charge in [-0.2, -0.15) is 10.3 Å².